The van der Waals surface area contributed by atoms with Crippen LogP contribution in [0.3, 0.4) is 0 Å². The maximum absolute atomic E-state index is 13.7. The minimum atomic E-state index is -2.01. The van der Waals surface area contributed by atoms with Crippen molar-refractivity contribution in [2.75, 3.05) is 44.5 Å². The van der Waals surface area contributed by atoms with E-state index in [1.54, 1.807) is 0 Å². The van der Waals surface area contributed by atoms with Gasteiger partial charge in [-0.1, -0.05) is 203 Å². The van der Waals surface area contributed by atoms with Crippen LogP contribution in [0.25, 0.3) is 0 Å². The number of alkyl halides is 3. The Kier molecular flexibility index (Phi) is 44.7. The summed E-state index contributed by atoms with van der Waals surface area (Å²) in [7, 11) is 0. The Hall–Kier alpha value is -3.30. The first kappa shape index (κ1) is 71.7. The number of amides is 5. The number of alkyl carbamates (subject to hydrolysis) is 1. The van der Waals surface area contributed by atoms with Crippen LogP contribution in [0.5, 0.6) is 0 Å². The van der Waals surface area contributed by atoms with Crippen molar-refractivity contribution in [3.8, 4) is 0 Å². The monoisotopic (exact) mass is 1150 g/mol. The lowest BCUT2D eigenvalue weighted by Gasteiger charge is -2.24. The number of carbonyl (C=O) groups is 8. The topological polar surface area (TPSA) is 299 Å². The Labute approximate surface area is 465 Å². The minimum absolute atomic E-state index is 0.103. The second-order valence-electron chi connectivity index (χ2n) is 19.2. The summed E-state index contributed by atoms with van der Waals surface area (Å²) >= 11 is 18.3. The molecule has 5 amide bonds. The predicted octanol–water partition coefficient (Wildman–Crippen LogP) is 8.25. The fourth-order valence-electron chi connectivity index (χ4n) is 7.76. The highest BCUT2D eigenvalue weighted by molar-refractivity contribution is 7.99. The number of thioether (sulfide) groups is 1. The number of aliphatic hydroxyl groups is 2. The molecule has 75 heavy (non-hydrogen) atoms. The van der Waals surface area contributed by atoms with Gasteiger partial charge >= 0.3 is 24.0 Å². The average molecular weight is 1150 g/mol. The van der Waals surface area contributed by atoms with Gasteiger partial charge in [-0.2, -0.15) is 11.8 Å². The third-order valence-corrected chi connectivity index (χ3v) is 13.8. The summed E-state index contributed by atoms with van der Waals surface area (Å²) in [6.07, 6.45) is 28.7. The summed E-state index contributed by atoms with van der Waals surface area (Å²) in [4.78, 5) is 101. The van der Waals surface area contributed by atoms with Crippen LogP contribution in [-0.4, -0.2) is 135 Å². The number of hydrogen-bond donors (Lipinski definition) is 8. The van der Waals surface area contributed by atoms with Crippen molar-refractivity contribution in [2.45, 2.75) is 228 Å². The number of carboxylic acids is 1. The molecule has 0 bridgehead atoms. The van der Waals surface area contributed by atoms with E-state index in [9.17, 15) is 53.7 Å². The van der Waals surface area contributed by atoms with Crippen molar-refractivity contribution in [1.82, 2.24) is 21.3 Å². The number of halogens is 3. The van der Waals surface area contributed by atoms with Gasteiger partial charge in [0.2, 0.25) is 27.4 Å². The van der Waals surface area contributed by atoms with Gasteiger partial charge in [0, 0.05) is 30.3 Å². The Balaban J connectivity index is 5.66. The number of esters is 2. The van der Waals surface area contributed by atoms with Crippen LogP contribution in [0, 0.1) is 5.92 Å². The molecule has 0 aliphatic rings. The summed E-state index contributed by atoms with van der Waals surface area (Å²) in [5.41, 5.74) is 5.05. The van der Waals surface area contributed by atoms with Crippen molar-refractivity contribution in [2.24, 2.45) is 11.7 Å². The van der Waals surface area contributed by atoms with Gasteiger partial charge < -0.3 is 56.5 Å². The first-order valence-electron chi connectivity index (χ1n) is 27.4. The summed E-state index contributed by atoms with van der Waals surface area (Å²) in [6, 6.07) is -6.88. The molecule has 0 heterocycles. The number of aliphatic carboxylic acids is 1. The molecule has 9 N–H and O–H groups in total. The van der Waals surface area contributed by atoms with Crippen LogP contribution in [-0.2, 0) is 47.8 Å². The molecule has 0 saturated carbocycles. The van der Waals surface area contributed by atoms with Crippen LogP contribution >= 0.6 is 46.6 Å². The van der Waals surface area contributed by atoms with Crippen LogP contribution in [0.15, 0.2) is 0 Å². The van der Waals surface area contributed by atoms with Crippen LogP contribution in [0.1, 0.15) is 200 Å². The van der Waals surface area contributed by atoms with E-state index in [-0.39, 0.29) is 37.6 Å². The second kappa shape index (κ2) is 46.8. The number of nitrogens with one attached hydrogen (secondary N) is 4. The molecule has 23 heteroatoms. The molecule has 436 valence electrons. The molecule has 0 aromatic carbocycles. The summed E-state index contributed by atoms with van der Waals surface area (Å²) in [5, 5.41) is 37.8. The van der Waals surface area contributed by atoms with Crippen LogP contribution < -0.4 is 27.0 Å². The van der Waals surface area contributed by atoms with Gasteiger partial charge in [-0.15, -0.1) is 0 Å². The van der Waals surface area contributed by atoms with E-state index >= 15 is 0 Å². The standard InChI is InChI=1S/C52H92Cl3N5O14S/c1-3-5-7-9-11-13-15-17-19-21-23-25-27-29-45(64)72-34-39(35-73-46(65)30-28-26-24-22-20-18-16-14-12-10-8-6-4-2)36-75-37-43(60-51(71)74-38-52(53,54)55)49(68)59-42(33-62)48(67)58-41(32-61)47(66)57-40(50(69)70)31-44(56)63/h39-43,61-62H,3-38H2,1-2H3,(H2,56,63)(H,57,66)(H,58,67)(H,59,68)(H,60,71)(H,69,70)/t40-,41-,42-,43-/m0/s1. The third-order valence-electron chi connectivity index (χ3n) is 12.2. The van der Waals surface area contributed by atoms with Crippen molar-refractivity contribution >= 4 is 94.2 Å². The molecule has 0 unspecified atom stereocenters. The maximum Gasteiger partial charge on any atom is 0.407 e. The van der Waals surface area contributed by atoms with Crippen LogP contribution in [0.2, 0.25) is 0 Å². The summed E-state index contributed by atoms with van der Waals surface area (Å²) in [6.45, 7) is 1.41. The van der Waals surface area contributed by atoms with E-state index in [4.69, 9.17) is 54.7 Å². The number of carboxylic acid groups (broad SMARTS) is 1. The average Bonchev–Trinajstić information content (AvgIpc) is 3.36. The Morgan fingerprint density at radius 2 is 0.840 bits per heavy atom. The van der Waals surface area contributed by atoms with E-state index in [0.717, 1.165) is 50.3 Å². The highest BCUT2D eigenvalue weighted by atomic mass is 35.6. The van der Waals surface area contributed by atoms with Crippen LogP contribution in [0.4, 0.5) is 4.79 Å². The second-order valence-corrected chi connectivity index (χ2v) is 22.8. The maximum atomic E-state index is 13.7. The Bertz CT molecular complexity index is 1550. The number of ether oxygens (including phenoxy) is 3. The minimum Gasteiger partial charge on any atom is -0.480 e. The molecule has 19 nitrogen and oxygen atoms in total. The molecule has 0 aromatic rings. The van der Waals surface area contributed by atoms with E-state index in [1.165, 1.54) is 116 Å². The third kappa shape index (κ3) is 42.4. The van der Waals surface area contributed by atoms with E-state index in [1.807, 2.05) is 5.32 Å². The summed E-state index contributed by atoms with van der Waals surface area (Å²) < 4.78 is 14.2. The summed E-state index contributed by atoms with van der Waals surface area (Å²) in [5.74, 6) is -7.54. The molecular weight excluding hydrogens is 1060 g/mol. The zero-order chi connectivity index (χ0) is 56.1. The van der Waals surface area contributed by atoms with Gasteiger partial charge in [0.05, 0.1) is 32.8 Å². The first-order valence-corrected chi connectivity index (χ1v) is 29.7. The van der Waals surface area contributed by atoms with Gasteiger partial charge in [-0.05, 0) is 12.8 Å². The SMILES string of the molecule is CCCCCCCCCCCCCCCC(=O)OCC(COC(=O)CCCCCCCCCCCCCCC)CSC[C@H](NC(=O)OCC(Cl)(Cl)Cl)C(=O)N[C@@H](CO)C(=O)N[C@@H](CO)C(=O)N[C@@H](CC(N)=O)C(=O)O. The molecule has 0 spiro atoms. The highest BCUT2D eigenvalue weighted by Gasteiger charge is 2.32. The zero-order valence-corrected chi connectivity index (χ0v) is 47.9. The molecule has 0 aliphatic heterocycles. The largest absolute Gasteiger partial charge is 0.480 e. The van der Waals surface area contributed by atoms with Crippen molar-refractivity contribution in [3.63, 3.8) is 0 Å². The zero-order valence-electron chi connectivity index (χ0n) is 44.8. The Morgan fingerprint density at radius 1 is 0.493 bits per heavy atom. The number of carbonyl (C=O) groups excluding carboxylic acids is 7. The number of primary amides is 1. The number of rotatable bonds is 49. The fraction of sp³-hybridized carbons (Fsp3) is 0.846. The van der Waals surface area contributed by atoms with Crippen molar-refractivity contribution in [3.05, 3.63) is 0 Å². The molecular formula is C52H92Cl3N5O14S. The lowest BCUT2D eigenvalue weighted by atomic mass is 10.0. The van der Waals surface area contributed by atoms with E-state index in [0.29, 0.717) is 12.8 Å². The number of aliphatic hydroxyl groups excluding tert-OH is 2. The van der Waals surface area contributed by atoms with E-state index < -0.39 is 108 Å². The molecule has 0 aromatic heterocycles. The predicted molar refractivity (Wildman–Crippen MR) is 293 cm³/mol. The van der Waals surface area contributed by atoms with Gasteiger partial charge in [0.25, 0.3) is 0 Å². The molecule has 4 atom stereocenters. The molecule has 0 aliphatic carbocycles. The van der Waals surface area contributed by atoms with Crippen molar-refractivity contribution < 1.29 is 67.9 Å². The Morgan fingerprint density at radius 3 is 1.17 bits per heavy atom. The lowest BCUT2D eigenvalue weighted by molar-refractivity contribution is -0.148. The van der Waals surface area contributed by atoms with Gasteiger partial charge in [0.1, 0.15) is 30.8 Å². The number of hydrogen-bond acceptors (Lipinski definition) is 14. The lowest BCUT2D eigenvalue weighted by Crippen LogP contribution is -2.60. The molecule has 0 radical (unpaired) electrons. The van der Waals surface area contributed by atoms with Gasteiger partial charge in [0.15, 0.2) is 0 Å². The van der Waals surface area contributed by atoms with Crippen molar-refractivity contribution in [1.29, 1.82) is 0 Å². The van der Waals surface area contributed by atoms with Gasteiger partial charge in [-0.3, -0.25) is 28.8 Å². The number of nitrogens with two attached hydrogens (primary N) is 1. The highest BCUT2D eigenvalue weighted by Crippen LogP contribution is 2.26. The number of unbranched alkanes of at least 4 members (excludes halogenated alkanes) is 24. The molecule has 0 fully saturated rings. The quantitative estimate of drug-likeness (QED) is 0.0123. The normalized spacial score (nSPS) is 13.0. The molecule has 0 saturated heterocycles. The van der Waals surface area contributed by atoms with E-state index in [2.05, 4.69) is 29.8 Å². The van der Waals surface area contributed by atoms with Gasteiger partial charge in [-0.25, -0.2) is 9.59 Å². The first-order chi connectivity index (χ1) is 35.9. The smallest absolute Gasteiger partial charge is 0.407 e. The fourth-order valence-corrected chi connectivity index (χ4v) is 9.05. The molecule has 0 rings (SSSR count).